The molecule has 0 aliphatic heterocycles. The fourth-order valence-corrected chi connectivity index (χ4v) is 5.11. The summed E-state index contributed by atoms with van der Waals surface area (Å²) in [4.78, 5) is 31.8. The minimum Gasteiger partial charge on any atom is -0.497 e. The van der Waals surface area contributed by atoms with Gasteiger partial charge in [0.1, 0.15) is 22.9 Å². The SMILES string of the molecule is COc1ccc(C=NNC(=O)Cn2cnc3sc4c(c3c2=O)CCC(C)C4)c(OC)c1. The average Bonchev–Trinajstić information content (AvgIpc) is 3.14. The van der Waals surface area contributed by atoms with Crippen molar-refractivity contribution in [1.82, 2.24) is 15.0 Å². The van der Waals surface area contributed by atoms with Gasteiger partial charge in [0.05, 0.1) is 32.1 Å². The molecule has 31 heavy (non-hydrogen) atoms. The van der Waals surface area contributed by atoms with Gasteiger partial charge in [-0.1, -0.05) is 6.92 Å². The molecular formula is C22H24N4O4S. The number of aryl methyl sites for hydroxylation is 1. The number of methoxy groups -OCH3 is 2. The van der Waals surface area contributed by atoms with Crippen LogP contribution in [0.4, 0.5) is 0 Å². The van der Waals surface area contributed by atoms with Crippen LogP contribution in [0.15, 0.2) is 34.4 Å². The van der Waals surface area contributed by atoms with Crippen molar-refractivity contribution in [2.24, 2.45) is 11.0 Å². The molecule has 0 spiro atoms. The Morgan fingerprint density at radius 2 is 2.23 bits per heavy atom. The van der Waals surface area contributed by atoms with Gasteiger partial charge in [-0.05, 0) is 42.9 Å². The molecule has 0 radical (unpaired) electrons. The third-order valence-corrected chi connectivity index (χ3v) is 6.59. The summed E-state index contributed by atoms with van der Waals surface area (Å²) < 4.78 is 11.8. The number of carbonyl (C=O) groups excluding carboxylic acids is 1. The Morgan fingerprint density at radius 3 is 3.00 bits per heavy atom. The molecule has 8 nitrogen and oxygen atoms in total. The lowest BCUT2D eigenvalue weighted by Gasteiger charge is -2.17. The highest BCUT2D eigenvalue weighted by atomic mass is 32.1. The van der Waals surface area contributed by atoms with E-state index in [0.29, 0.717) is 28.4 Å². The number of hydrogen-bond acceptors (Lipinski definition) is 7. The fourth-order valence-electron chi connectivity index (χ4n) is 3.77. The Balaban J connectivity index is 1.48. The zero-order chi connectivity index (χ0) is 22.0. The molecule has 1 aliphatic carbocycles. The number of amides is 1. The van der Waals surface area contributed by atoms with E-state index in [9.17, 15) is 9.59 Å². The third-order valence-electron chi connectivity index (χ3n) is 5.43. The van der Waals surface area contributed by atoms with Crippen molar-refractivity contribution in [2.75, 3.05) is 14.2 Å². The van der Waals surface area contributed by atoms with Crippen LogP contribution in [0.5, 0.6) is 11.5 Å². The lowest BCUT2D eigenvalue weighted by Crippen LogP contribution is -2.30. The van der Waals surface area contributed by atoms with Crippen LogP contribution >= 0.6 is 11.3 Å². The molecule has 1 atom stereocenters. The number of carbonyl (C=O) groups is 1. The zero-order valence-corrected chi connectivity index (χ0v) is 18.5. The third kappa shape index (κ3) is 4.32. The van der Waals surface area contributed by atoms with Gasteiger partial charge in [0.15, 0.2) is 0 Å². The fraction of sp³-hybridized carbons (Fsp3) is 0.364. The van der Waals surface area contributed by atoms with Crippen LogP contribution in [0, 0.1) is 5.92 Å². The first-order valence-corrected chi connectivity index (χ1v) is 10.9. The number of fused-ring (bicyclic) bond motifs is 3. The van der Waals surface area contributed by atoms with E-state index in [1.807, 2.05) is 0 Å². The second-order valence-corrected chi connectivity index (χ2v) is 8.69. The maximum absolute atomic E-state index is 13.0. The molecule has 0 saturated heterocycles. The van der Waals surface area contributed by atoms with Gasteiger partial charge >= 0.3 is 0 Å². The Bertz CT molecular complexity index is 1210. The van der Waals surface area contributed by atoms with E-state index in [4.69, 9.17) is 9.47 Å². The molecule has 4 rings (SSSR count). The monoisotopic (exact) mass is 440 g/mol. The lowest BCUT2D eigenvalue weighted by atomic mass is 9.89. The molecule has 0 fully saturated rings. The number of benzene rings is 1. The van der Waals surface area contributed by atoms with E-state index in [1.54, 1.807) is 43.8 Å². The predicted octanol–water partition coefficient (Wildman–Crippen LogP) is 2.75. The van der Waals surface area contributed by atoms with Gasteiger partial charge in [-0.25, -0.2) is 10.4 Å². The van der Waals surface area contributed by atoms with Crippen LogP contribution in [0.1, 0.15) is 29.3 Å². The highest BCUT2D eigenvalue weighted by Gasteiger charge is 2.23. The number of nitrogens with zero attached hydrogens (tertiary/aromatic N) is 3. The van der Waals surface area contributed by atoms with Gasteiger partial charge in [0, 0.05) is 16.5 Å². The highest BCUT2D eigenvalue weighted by molar-refractivity contribution is 7.18. The Kier molecular flexibility index (Phi) is 6.03. The van der Waals surface area contributed by atoms with Gasteiger partial charge < -0.3 is 9.47 Å². The van der Waals surface area contributed by atoms with Crippen molar-refractivity contribution in [2.45, 2.75) is 32.7 Å². The Labute approximate surface area is 183 Å². The summed E-state index contributed by atoms with van der Waals surface area (Å²) in [6, 6.07) is 5.27. The van der Waals surface area contributed by atoms with Crippen LogP contribution < -0.4 is 20.5 Å². The molecule has 9 heteroatoms. The zero-order valence-electron chi connectivity index (χ0n) is 17.7. The summed E-state index contributed by atoms with van der Waals surface area (Å²) in [5, 5.41) is 4.64. The quantitative estimate of drug-likeness (QED) is 0.470. The van der Waals surface area contributed by atoms with Crippen LogP contribution in [0.3, 0.4) is 0 Å². The molecular weight excluding hydrogens is 416 g/mol. The first-order valence-electron chi connectivity index (χ1n) is 10.0. The number of nitrogens with one attached hydrogen (secondary N) is 1. The molecule has 2 aromatic heterocycles. The second-order valence-electron chi connectivity index (χ2n) is 7.61. The number of hydrazone groups is 1. The minimum absolute atomic E-state index is 0.153. The molecule has 3 aromatic rings. The topological polar surface area (TPSA) is 94.8 Å². The van der Waals surface area contributed by atoms with Crippen molar-refractivity contribution >= 4 is 33.7 Å². The van der Waals surface area contributed by atoms with E-state index in [0.717, 1.165) is 29.7 Å². The maximum atomic E-state index is 13.0. The summed E-state index contributed by atoms with van der Waals surface area (Å²) in [6.45, 7) is 2.07. The second kappa shape index (κ2) is 8.89. The first kappa shape index (κ1) is 21.0. The van der Waals surface area contributed by atoms with Gasteiger partial charge in [-0.3, -0.25) is 14.2 Å². The highest BCUT2D eigenvalue weighted by Crippen LogP contribution is 2.35. The molecule has 2 heterocycles. The molecule has 1 N–H and O–H groups in total. The molecule has 0 saturated carbocycles. The molecule has 1 aromatic carbocycles. The van der Waals surface area contributed by atoms with Crippen molar-refractivity contribution in [3.05, 3.63) is 50.9 Å². The van der Waals surface area contributed by atoms with E-state index < -0.39 is 5.91 Å². The number of hydrogen-bond donors (Lipinski definition) is 1. The van der Waals surface area contributed by atoms with Gasteiger partial charge in [0.2, 0.25) is 0 Å². The van der Waals surface area contributed by atoms with E-state index in [-0.39, 0.29) is 12.1 Å². The average molecular weight is 441 g/mol. The number of rotatable bonds is 6. The van der Waals surface area contributed by atoms with Crippen LogP contribution in [-0.4, -0.2) is 35.9 Å². The summed E-state index contributed by atoms with van der Waals surface area (Å²) >= 11 is 1.59. The van der Waals surface area contributed by atoms with Crippen LogP contribution in [-0.2, 0) is 24.2 Å². The molecule has 1 aliphatic rings. The standard InChI is InChI=1S/C22H24N4O4S/c1-13-4-7-16-18(8-13)31-21-20(16)22(28)26(12-23-21)11-19(27)25-24-10-14-5-6-15(29-2)9-17(14)30-3/h5-6,9-10,12-13H,4,7-8,11H2,1-3H3,(H,25,27). The molecule has 1 amide bonds. The van der Waals surface area contributed by atoms with Crippen LogP contribution in [0.2, 0.25) is 0 Å². The number of aromatic nitrogens is 2. The van der Waals surface area contributed by atoms with Crippen LogP contribution in [0.25, 0.3) is 10.2 Å². The first-order chi connectivity index (χ1) is 15.0. The van der Waals surface area contributed by atoms with Crippen molar-refractivity contribution < 1.29 is 14.3 Å². The summed E-state index contributed by atoms with van der Waals surface area (Å²) in [5.74, 6) is 1.44. The van der Waals surface area contributed by atoms with Gasteiger partial charge in [0.25, 0.3) is 11.5 Å². The van der Waals surface area contributed by atoms with E-state index in [2.05, 4.69) is 22.4 Å². The summed E-state index contributed by atoms with van der Waals surface area (Å²) in [5.41, 5.74) is 4.07. The molecule has 162 valence electrons. The largest absolute Gasteiger partial charge is 0.497 e. The van der Waals surface area contributed by atoms with Gasteiger partial charge in [-0.2, -0.15) is 5.10 Å². The Morgan fingerprint density at radius 1 is 1.39 bits per heavy atom. The van der Waals surface area contributed by atoms with E-state index >= 15 is 0 Å². The molecule has 0 bridgehead atoms. The van der Waals surface area contributed by atoms with Crippen molar-refractivity contribution in [1.29, 1.82) is 0 Å². The maximum Gasteiger partial charge on any atom is 0.262 e. The summed E-state index contributed by atoms with van der Waals surface area (Å²) in [6.07, 6.45) is 5.86. The minimum atomic E-state index is -0.412. The predicted molar refractivity (Wildman–Crippen MR) is 120 cm³/mol. The van der Waals surface area contributed by atoms with Gasteiger partial charge in [-0.15, -0.1) is 11.3 Å². The van der Waals surface area contributed by atoms with Crippen molar-refractivity contribution in [3.63, 3.8) is 0 Å². The lowest BCUT2D eigenvalue weighted by molar-refractivity contribution is -0.121. The summed E-state index contributed by atoms with van der Waals surface area (Å²) in [7, 11) is 3.12. The number of ether oxygens (including phenoxy) is 2. The normalized spacial score (nSPS) is 15.8. The Hall–Kier alpha value is -3.20. The smallest absolute Gasteiger partial charge is 0.262 e. The van der Waals surface area contributed by atoms with Crippen molar-refractivity contribution in [3.8, 4) is 11.5 Å². The molecule has 1 unspecified atom stereocenters. The number of thiophene rings is 1. The van der Waals surface area contributed by atoms with E-state index in [1.165, 1.54) is 22.0 Å².